The Morgan fingerprint density at radius 1 is 1.22 bits per heavy atom. The average molecular weight is 592 g/mol. The number of hydrogen-bond acceptors (Lipinski definition) is 9. The van der Waals surface area contributed by atoms with Gasteiger partial charge in [0.15, 0.2) is 0 Å². The number of aryl methyl sites for hydroxylation is 1. The summed E-state index contributed by atoms with van der Waals surface area (Å²) in [5.41, 5.74) is -0.970. The number of carbonyl (C=O) groups excluding carboxylic acids is 3. The van der Waals surface area contributed by atoms with Crippen molar-refractivity contribution in [2.45, 2.75) is 18.0 Å². The van der Waals surface area contributed by atoms with Gasteiger partial charge in [-0.05, 0) is 19.2 Å². The first-order valence-electron chi connectivity index (χ1n) is 12.8. The average Bonchev–Trinajstić information content (AvgIpc) is 2.95. The first kappa shape index (κ1) is 28.5. The standard InChI is InChI=1S/C26H27F2N5O7S/c1-30-4-6-31(7-5-30)19-9-18-15(8-17(19)28)22(35)16(10-32(18)3-2-27)26(39)40-11-14-12-41-24-20(29-13-34)23(36)33(24)21(14)25(37)38/h8-10,13,20,24H,2-7,11-12H2,1H3,(H,29,34)(H,37,38)/t20-,24-/m1/s1. The quantitative estimate of drug-likeness (QED) is 0.239. The van der Waals surface area contributed by atoms with Crippen LogP contribution in [0.25, 0.3) is 10.9 Å². The number of alkyl halides is 1. The van der Waals surface area contributed by atoms with Crippen molar-refractivity contribution >= 4 is 52.6 Å². The first-order valence-corrected chi connectivity index (χ1v) is 13.8. The molecule has 2 N–H and O–H groups in total. The molecule has 3 aliphatic heterocycles. The van der Waals surface area contributed by atoms with Gasteiger partial charge < -0.3 is 29.5 Å². The van der Waals surface area contributed by atoms with Crippen LogP contribution < -0.4 is 15.6 Å². The third-order valence-corrected chi connectivity index (χ3v) is 8.75. The lowest BCUT2D eigenvalue weighted by Crippen LogP contribution is -2.69. The highest BCUT2D eigenvalue weighted by Crippen LogP contribution is 2.40. The highest BCUT2D eigenvalue weighted by atomic mass is 32.2. The number of halogens is 2. The van der Waals surface area contributed by atoms with Crippen LogP contribution in [-0.2, 0) is 25.7 Å². The number of carbonyl (C=O) groups is 4. The minimum absolute atomic E-state index is 0.0878. The van der Waals surface area contributed by atoms with Gasteiger partial charge in [-0.2, -0.15) is 0 Å². The number of piperazine rings is 1. The van der Waals surface area contributed by atoms with Crippen molar-refractivity contribution in [2.24, 2.45) is 0 Å². The third kappa shape index (κ3) is 5.14. The highest BCUT2D eigenvalue weighted by Gasteiger charge is 2.53. The number of pyridine rings is 1. The van der Waals surface area contributed by atoms with Crippen LogP contribution in [0.2, 0.25) is 0 Å². The summed E-state index contributed by atoms with van der Waals surface area (Å²) in [5, 5.41) is 11.4. The zero-order chi connectivity index (χ0) is 29.4. The molecular weight excluding hydrogens is 564 g/mol. The molecule has 2 atom stereocenters. The Balaban J connectivity index is 1.43. The van der Waals surface area contributed by atoms with E-state index in [0.29, 0.717) is 19.5 Å². The van der Waals surface area contributed by atoms with Gasteiger partial charge in [0.2, 0.25) is 11.8 Å². The lowest BCUT2D eigenvalue weighted by atomic mass is 10.0. The van der Waals surface area contributed by atoms with Gasteiger partial charge in [0.25, 0.3) is 5.91 Å². The monoisotopic (exact) mass is 591 g/mol. The Bertz CT molecular complexity index is 1520. The third-order valence-electron chi connectivity index (χ3n) is 7.41. The Hall–Kier alpha value is -3.98. The minimum Gasteiger partial charge on any atom is -0.477 e. The van der Waals surface area contributed by atoms with E-state index >= 15 is 4.39 Å². The Morgan fingerprint density at radius 3 is 2.61 bits per heavy atom. The summed E-state index contributed by atoms with van der Waals surface area (Å²) in [4.78, 5) is 66.4. The topological polar surface area (TPSA) is 141 Å². The molecule has 0 bridgehead atoms. The number of likely N-dealkylation sites (N-methyl/N-ethyl adjacent to an activating group) is 1. The number of esters is 1. The molecule has 3 aliphatic rings. The predicted octanol–water partition coefficient (Wildman–Crippen LogP) is 0.387. The molecule has 0 unspecified atom stereocenters. The molecular formula is C26H27F2N5O7S. The van der Waals surface area contributed by atoms with Crippen LogP contribution in [0.15, 0.2) is 34.4 Å². The minimum atomic E-state index is -1.41. The molecule has 2 fully saturated rings. The SMILES string of the molecule is CN1CCN(c2cc3c(cc2F)c(=O)c(C(=O)OCC2=C(C(=O)O)N4C(=O)[C@@H](NC=O)[C@H]4SC2)cn3CCF)CC1. The summed E-state index contributed by atoms with van der Waals surface area (Å²) >= 11 is 1.19. The summed E-state index contributed by atoms with van der Waals surface area (Å²) in [5.74, 6) is -3.69. The summed E-state index contributed by atoms with van der Waals surface area (Å²) in [6.07, 6.45) is 1.52. The molecule has 4 heterocycles. The normalized spacial score (nSPS) is 21.0. The van der Waals surface area contributed by atoms with Gasteiger partial charge in [0.05, 0.1) is 17.7 Å². The second-order valence-corrected chi connectivity index (χ2v) is 11.0. The molecule has 41 heavy (non-hydrogen) atoms. The first-order chi connectivity index (χ1) is 19.7. The van der Waals surface area contributed by atoms with Crippen LogP contribution in [0.1, 0.15) is 10.4 Å². The molecule has 2 amide bonds. The van der Waals surface area contributed by atoms with Gasteiger partial charge in [-0.15, -0.1) is 11.8 Å². The van der Waals surface area contributed by atoms with E-state index in [4.69, 9.17) is 4.74 Å². The van der Waals surface area contributed by atoms with Crippen LogP contribution in [0.5, 0.6) is 0 Å². The molecule has 0 radical (unpaired) electrons. The van der Waals surface area contributed by atoms with Crippen molar-refractivity contribution in [1.82, 2.24) is 19.7 Å². The number of thioether (sulfide) groups is 1. The molecule has 12 nitrogen and oxygen atoms in total. The zero-order valence-electron chi connectivity index (χ0n) is 22.0. The maximum absolute atomic E-state index is 15.2. The van der Waals surface area contributed by atoms with Gasteiger partial charge in [-0.3, -0.25) is 19.3 Å². The van der Waals surface area contributed by atoms with Gasteiger partial charge >= 0.3 is 11.9 Å². The van der Waals surface area contributed by atoms with E-state index < -0.39 is 59.4 Å². The molecule has 0 saturated carbocycles. The second kappa shape index (κ2) is 11.5. The van der Waals surface area contributed by atoms with Crippen LogP contribution in [0, 0.1) is 5.82 Å². The van der Waals surface area contributed by atoms with E-state index in [1.54, 1.807) is 0 Å². The van der Waals surface area contributed by atoms with Crippen molar-refractivity contribution in [1.29, 1.82) is 0 Å². The lowest BCUT2D eigenvalue weighted by molar-refractivity contribution is -0.149. The van der Waals surface area contributed by atoms with Gasteiger partial charge in [-0.25, -0.2) is 18.4 Å². The number of β-lactam (4-membered cyclic amide) rings is 1. The van der Waals surface area contributed by atoms with Gasteiger partial charge in [0, 0.05) is 49.1 Å². The number of fused-ring (bicyclic) bond motifs is 2. The number of anilines is 1. The van der Waals surface area contributed by atoms with Gasteiger partial charge in [0.1, 0.15) is 41.8 Å². The smallest absolute Gasteiger partial charge is 0.352 e. The lowest BCUT2D eigenvalue weighted by Gasteiger charge is -2.48. The van der Waals surface area contributed by atoms with Crippen molar-refractivity contribution < 1.29 is 37.8 Å². The zero-order valence-corrected chi connectivity index (χ0v) is 22.8. The molecule has 1 aromatic heterocycles. The van der Waals surface area contributed by atoms with Crippen LogP contribution >= 0.6 is 11.8 Å². The number of benzene rings is 1. The number of carboxylic acid groups (broad SMARTS) is 1. The Labute approximate surface area is 236 Å². The molecule has 2 aromatic rings. The van der Waals surface area contributed by atoms with Crippen LogP contribution in [-0.4, -0.2) is 107 Å². The number of ether oxygens (including phenoxy) is 1. The number of amides is 2. The van der Waals surface area contributed by atoms with E-state index in [9.17, 15) is 33.5 Å². The fourth-order valence-corrected chi connectivity index (χ4v) is 6.57. The second-order valence-electron chi connectivity index (χ2n) is 9.87. The number of hydrogen-bond donors (Lipinski definition) is 2. The van der Waals surface area contributed by atoms with Crippen molar-refractivity contribution in [3.05, 3.63) is 51.2 Å². The molecule has 0 spiro atoms. The fourth-order valence-electron chi connectivity index (χ4n) is 5.23. The van der Waals surface area contributed by atoms with E-state index in [1.807, 2.05) is 11.9 Å². The molecule has 5 rings (SSSR count). The molecule has 0 aliphatic carbocycles. The molecule has 1 aromatic carbocycles. The van der Waals surface area contributed by atoms with Crippen molar-refractivity contribution in [3.8, 4) is 0 Å². The number of aromatic nitrogens is 1. The van der Waals surface area contributed by atoms with E-state index in [1.165, 1.54) is 22.4 Å². The summed E-state index contributed by atoms with van der Waals surface area (Å²) < 4.78 is 35.3. The molecule has 2 saturated heterocycles. The Kier molecular flexibility index (Phi) is 8.00. The number of carboxylic acids is 1. The number of nitrogens with zero attached hydrogens (tertiary/aromatic N) is 4. The van der Waals surface area contributed by atoms with Crippen molar-refractivity contribution in [2.75, 3.05) is 57.2 Å². The summed E-state index contributed by atoms with van der Waals surface area (Å²) in [6.45, 7) is 1.03. The largest absolute Gasteiger partial charge is 0.477 e. The van der Waals surface area contributed by atoms with E-state index in [2.05, 4.69) is 10.2 Å². The number of nitrogens with one attached hydrogen (secondary N) is 1. The molecule has 15 heteroatoms. The van der Waals surface area contributed by atoms with Crippen LogP contribution in [0.3, 0.4) is 0 Å². The molecule has 218 valence electrons. The van der Waals surface area contributed by atoms with Crippen LogP contribution in [0.4, 0.5) is 14.5 Å². The fraction of sp³-hybridized carbons (Fsp3) is 0.423. The summed E-state index contributed by atoms with van der Waals surface area (Å²) in [6, 6.07) is 1.66. The van der Waals surface area contributed by atoms with E-state index in [-0.39, 0.29) is 40.2 Å². The number of aliphatic carboxylic acids is 1. The number of rotatable bonds is 9. The maximum atomic E-state index is 15.2. The van der Waals surface area contributed by atoms with Crippen molar-refractivity contribution in [3.63, 3.8) is 0 Å². The predicted molar refractivity (Wildman–Crippen MR) is 145 cm³/mol. The van der Waals surface area contributed by atoms with Gasteiger partial charge in [-0.1, -0.05) is 0 Å². The maximum Gasteiger partial charge on any atom is 0.352 e. The summed E-state index contributed by atoms with van der Waals surface area (Å²) in [7, 11) is 1.96. The Morgan fingerprint density at radius 2 is 1.95 bits per heavy atom. The van der Waals surface area contributed by atoms with E-state index in [0.717, 1.165) is 30.3 Å². The highest BCUT2D eigenvalue weighted by molar-refractivity contribution is 8.00.